The maximum Gasteiger partial charge on any atom is 0.339 e. The molecule has 2 aromatic heterocycles. The summed E-state index contributed by atoms with van der Waals surface area (Å²) in [6, 6.07) is 9.93. The van der Waals surface area contributed by atoms with Gasteiger partial charge in [-0.2, -0.15) is 5.10 Å². The van der Waals surface area contributed by atoms with Crippen molar-refractivity contribution >= 4 is 11.9 Å². The molecule has 3 rings (SSSR count). The van der Waals surface area contributed by atoms with E-state index in [9.17, 15) is 9.59 Å². The zero-order valence-electron chi connectivity index (χ0n) is 19.1. The lowest BCUT2D eigenvalue weighted by Crippen LogP contribution is -2.28. The smallest absolute Gasteiger partial charge is 0.339 e. The molecule has 7 nitrogen and oxygen atoms in total. The number of esters is 1. The fourth-order valence-corrected chi connectivity index (χ4v) is 3.96. The van der Waals surface area contributed by atoms with E-state index < -0.39 is 5.97 Å². The lowest BCUT2D eigenvalue weighted by molar-refractivity contribution is 0.0599. The number of hydrogen-bond donors (Lipinski definition) is 1. The van der Waals surface area contributed by atoms with Crippen LogP contribution < -0.4 is 0 Å². The molecule has 3 aromatic rings. The first kappa shape index (κ1) is 22.3. The van der Waals surface area contributed by atoms with Crippen molar-refractivity contribution < 1.29 is 14.3 Å². The Hall–Kier alpha value is -3.35. The maximum atomic E-state index is 13.3. The van der Waals surface area contributed by atoms with Gasteiger partial charge in [0.2, 0.25) is 0 Å². The molecule has 0 aliphatic heterocycles. The van der Waals surface area contributed by atoms with Gasteiger partial charge in [0.05, 0.1) is 24.1 Å². The number of H-pyrrole nitrogens is 1. The van der Waals surface area contributed by atoms with E-state index in [-0.39, 0.29) is 5.91 Å². The van der Waals surface area contributed by atoms with E-state index >= 15 is 0 Å². The van der Waals surface area contributed by atoms with Crippen molar-refractivity contribution in [3.8, 4) is 5.69 Å². The van der Waals surface area contributed by atoms with Crippen molar-refractivity contribution in [3.63, 3.8) is 0 Å². The number of hydrogen-bond acceptors (Lipinski definition) is 4. The molecule has 31 heavy (non-hydrogen) atoms. The normalized spacial score (nSPS) is 10.9. The van der Waals surface area contributed by atoms with Crippen LogP contribution in [0.1, 0.15) is 62.4 Å². The molecular weight excluding hydrogens is 392 g/mol. The highest BCUT2D eigenvalue weighted by Crippen LogP contribution is 2.24. The minimum atomic E-state index is -0.422. The third-order valence-electron chi connectivity index (χ3n) is 5.58. The maximum absolute atomic E-state index is 13.3. The van der Waals surface area contributed by atoms with Crippen molar-refractivity contribution in [2.45, 2.75) is 47.1 Å². The highest BCUT2D eigenvalue weighted by molar-refractivity contribution is 6.00. The number of para-hydroxylation sites is 1. The van der Waals surface area contributed by atoms with Gasteiger partial charge in [0, 0.05) is 30.5 Å². The second-order valence-electron chi connectivity index (χ2n) is 7.78. The third-order valence-corrected chi connectivity index (χ3v) is 5.58. The molecule has 0 spiro atoms. The van der Waals surface area contributed by atoms with Crippen molar-refractivity contribution in [1.29, 1.82) is 0 Å². The number of aryl methyl sites for hydroxylation is 2. The van der Waals surface area contributed by atoms with Crippen molar-refractivity contribution in [3.05, 3.63) is 69.8 Å². The highest BCUT2D eigenvalue weighted by Gasteiger charge is 2.27. The zero-order valence-corrected chi connectivity index (χ0v) is 19.1. The van der Waals surface area contributed by atoms with Gasteiger partial charge in [0.25, 0.3) is 5.91 Å². The molecule has 1 N–H and O–H groups in total. The topological polar surface area (TPSA) is 80.2 Å². The van der Waals surface area contributed by atoms with Gasteiger partial charge in [0.1, 0.15) is 5.69 Å². The minimum absolute atomic E-state index is 0.159. The van der Waals surface area contributed by atoms with Gasteiger partial charge in [-0.25, -0.2) is 9.48 Å². The number of aromatic nitrogens is 3. The molecule has 0 atom stereocenters. The van der Waals surface area contributed by atoms with Crippen molar-refractivity contribution in [2.75, 3.05) is 14.2 Å². The van der Waals surface area contributed by atoms with Crippen molar-refractivity contribution in [2.24, 2.45) is 0 Å². The Morgan fingerprint density at radius 1 is 1.13 bits per heavy atom. The van der Waals surface area contributed by atoms with Crippen molar-refractivity contribution in [1.82, 2.24) is 19.7 Å². The lowest BCUT2D eigenvalue weighted by Gasteiger charge is -2.18. The van der Waals surface area contributed by atoms with Crippen LogP contribution in [-0.2, 0) is 17.7 Å². The number of amides is 1. The van der Waals surface area contributed by atoms with Gasteiger partial charge >= 0.3 is 5.97 Å². The molecule has 1 aromatic carbocycles. The number of aromatic amines is 1. The van der Waals surface area contributed by atoms with Crippen LogP contribution in [0.2, 0.25) is 0 Å². The van der Waals surface area contributed by atoms with Crippen LogP contribution in [-0.4, -0.2) is 45.7 Å². The SMILES string of the molecule is CCCc1c(C(=O)N(C)Cc2c(C)nn(-c3ccccc3)c2C)[nH]c(C)c1C(=O)OC. The largest absolute Gasteiger partial charge is 0.465 e. The van der Waals surface area contributed by atoms with Crippen LogP contribution in [0.15, 0.2) is 30.3 Å². The van der Waals surface area contributed by atoms with E-state index in [0.29, 0.717) is 29.9 Å². The number of carbonyl (C=O) groups is 2. The van der Waals surface area contributed by atoms with Gasteiger partial charge in [-0.3, -0.25) is 4.79 Å². The first-order chi connectivity index (χ1) is 14.8. The fraction of sp³-hybridized carbons (Fsp3) is 0.375. The van der Waals surface area contributed by atoms with E-state index in [0.717, 1.165) is 34.6 Å². The zero-order chi connectivity index (χ0) is 22.7. The molecule has 0 saturated carbocycles. The summed E-state index contributed by atoms with van der Waals surface area (Å²) in [6.07, 6.45) is 1.43. The molecule has 0 aliphatic rings. The number of carbonyl (C=O) groups excluding carboxylic acids is 2. The van der Waals surface area contributed by atoms with Crippen LogP contribution in [0.25, 0.3) is 5.69 Å². The Labute approximate surface area is 183 Å². The van der Waals surface area contributed by atoms with Crippen LogP contribution >= 0.6 is 0 Å². The quantitative estimate of drug-likeness (QED) is 0.581. The van der Waals surface area contributed by atoms with Gasteiger partial charge in [-0.1, -0.05) is 31.5 Å². The Bertz CT molecular complexity index is 1100. The van der Waals surface area contributed by atoms with E-state index in [2.05, 4.69) is 10.1 Å². The Kier molecular flexibility index (Phi) is 6.63. The average Bonchev–Trinajstić information content (AvgIpc) is 3.24. The first-order valence-corrected chi connectivity index (χ1v) is 10.5. The molecule has 0 bridgehead atoms. The van der Waals surface area contributed by atoms with Crippen LogP contribution in [0.4, 0.5) is 0 Å². The van der Waals surface area contributed by atoms with E-state index in [4.69, 9.17) is 4.74 Å². The molecule has 7 heteroatoms. The molecule has 0 aliphatic carbocycles. The second kappa shape index (κ2) is 9.20. The first-order valence-electron chi connectivity index (χ1n) is 10.5. The average molecular weight is 423 g/mol. The summed E-state index contributed by atoms with van der Waals surface area (Å²) in [6.45, 7) is 8.20. The molecule has 0 fully saturated rings. The van der Waals surface area contributed by atoms with Crippen LogP contribution in [0.3, 0.4) is 0 Å². The molecule has 0 unspecified atom stereocenters. The van der Waals surface area contributed by atoms with Crippen LogP contribution in [0.5, 0.6) is 0 Å². The summed E-state index contributed by atoms with van der Waals surface area (Å²) < 4.78 is 6.84. The number of methoxy groups -OCH3 is 1. The summed E-state index contributed by atoms with van der Waals surface area (Å²) >= 11 is 0. The highest BCUT2D eigenvalue weighted by atomic mass is 16.5. The molecule has 2 heterocycles. The molecule has 1 amide bonds. The van der Waals surface area contributed by atoms with Gasteiger partial charge in [-0.15, -0.1) is 0 Å². The van der Waals surface area contributed by atoms with Gasteiger partial charge in [0.15, 0.2) is 0 Å². The number of nitrogens with zero attached hydrogens (tertiary/aromatic N) is 3. The summed E-state index contributed by atoms with van der Waals surface area (Å²) in [5.74, 6) is -0.581. The minimum Gasteiger partial charge on any atom is -0.465 e. The predicted molar refractivity (Wildman–Crippen MR) is 120 cm³/mol. The standard InChI is InChI=1S/C24H30N4O3/c1-7-11-19-21(24(30)31-6)16(3)25-22(19)23(29)27(5)14-20-15(2)26-28(17(20)4)18-12-9-8-10-13-18/h8-10,12-13,25H,7,11,14H2,1-6H3. The second-order valence-corrected chi connectivity index (χ2v) is 7.78. The Balaban J connectivity index is 1.92. The van der Waals surface area contributed by atoms with E-state index in [1.165, 1.54) is 7.11 Å². The molecular formula is C24H30N4O3. The molecule has 164 valence electrons. The number of ether oxygens (including phenoxy) is 1. The Morgan fingerprint density at radius 2 is 1.81 bits per heavy atom. The van der Waals surface area contributed by atoms with Gasteiger partial charge < -0.3 is 14.6 Å². The monoisotopic (exact) mass is 422 g/mol. The predicted octanol–water partition coefficient (Wildman–Crippen LogP) is 4.14. The van der Waals surface area contributed by atoms with E-state index in [1.54, 1.807) is 18.9 Å². The molecule has 0 saturated heterocycles. The summed E-state index contributed by atoms with van der Waals surface area (Å²) in [4.78, 5) is 30.4. The van der Waals surface area contributed by atoms with Crippen LogP contribution in [0, 0.1) is 20.8 Å². The number of rotatable bonds is 7. The summed E-state index contributed by atoms with van der Waals surface area (Å²) in [7, 11) is 3.12. The summed E-state index contributed by atoms with van der Waals surface area (Å²) in [5, 5.41) is 4.67. The fourth-order valence-electron chi connectivity index (χ4n) is 3.96. The Morgan fingerprint density at radius 3 is 2.42 bits per heavy atom. The van der Waals surface area contributed by atoms with Gasteiger partial charge in [-0.05, 0) is 44.9 Å². The summed E-state index contributed by atoms with van der Waals surface area (Å²) in [5.41, 5.74) is 6.15. The number of benzene rings is 1. The van der Waals surface area contributed by atoms with E-state index in [1.807, 2.05) is 55.8 Å². The lowest BCUT2D eigenvalue weighted by atomic mass is 10.0. The third kappa shape index (κ3) is 4.26. The number of nitrogens with one attached hydrogen (secondary N) is 1. The molecule has 0 radical (unpaired) electrons.